The number of benzene rings is 1. The molecule has 0 unspecified atom stereocenters. The van der Waals surface area contributed by atoms with Crippen molar-refractivity contribution >= 4 is 23.5 Å². The van der Waals surface area contributed by atoms with Crippen molar-refractivity contribution < 1.29 is 0 Å². The number of thioether (sulfide) groups is 2. The normalized spacial score (nSPS) is 17.2. The van der Waals surface area contributed by atoms with Gasteiger partial charge in [-0.3, -0.25) is 0 Å². The predicted molar refractivity (Wildman–Crippen MR) is 94.1 cm³/mol. The molecular weight excluding hydrogens is 296 g/mol. The predicted octanol–water partition coefficient (Wildman–Crippen LogP) is 4.31. The van der Waals surface area contributed by atoms with Crippen LogP contribution in [-0.2, 0) is 13.0 Å². The molecule has 1 aliphatic heterocycles. The zero-order valence-corrected chi connectivity index (χ0v) is 14.3. The van der Waals surface area contributed by atoms with Crippen molar-refractivity contribution in [3.05, 3.63) is 53.6 Å². The maximum absolute atomic E-state index is 4.18. The van der Waals surface area contributed by atoms with Crippen LogP contribution in [0, 0.1) is 13.8 Å². The van der Waals surface area contributed by atoms with Gasteiger partial charge < -0.3 is 4.57 Å². The molecule has 1 fully saturated rings. The van der Waals surface area contributed by atoms with Gasteiger partial charge in [0.2, 0.25) is 0 Å². The fourth-order valence-electron chi connectivity index (χ4n) is 3.02. The van der Waals surface area contributed by atoms with E-state index in [9.17, 15) is 0 Å². The second kappa shape index (κ2) is 6.49. The van der Waals surface area contributed by atoms with Crippen LogP contribution in [0.3, 0.4) is 0 Å². The summed E-state index contributed by atoms with van der Waals surface area (Å²) in [7, 11) is 0. The minimum Gasteiger partial charge on any atom is -0.335 e. The van der Waals surface area contributed by atoms with Gasteiger partial charge >= 0.3 is 0 Å². The van der Waals surface area contributed by atoms with E-state index in [0.717, 1.165) is 13.0 Å². The first kappa shape index (κ1) is 15.0. The van der Waals surface area contributed by atoms with Gasteiger partial charge in [-0.1, -0.05) is 29.3 Å². The molecule has 0 aliphatic carbocycles. The third-order valence-electron chi connectivity index (χ3n) is 3.87. The number of aromatic nitrogens is 2. The van der Waals surface area contributed by atoms with E-state index in [1.54, 1.807) is 0 Å². The summed E-state index contributed by atoms with van der Waals surface area (Å²) in [4.78, 5) is 4.18. The Morgan fingerprint density at radius 1 is 1.14 bits per heavy atom. The van der Waals surface area contributed by atoms with Gasteiger partial charge in [0, 0.05) is 30.4 Å². The molecule has 0 spiro atoms. The Hall–Kier alpha value is -0.870. The first-order valence-electron chi connectivity index (χ1n) is 7.46. The highest BCUT2D eigenvalue weighted by Crippen LogP contribution is 2.48. The smallest absolute Gasteiger partial charge is 0.0946 e. The van der Waals surface area contributed by atoms with Crippen LogP contribution in [0.1, 0.15) is 23.1 Å². The van der Waals surface area contributed by atoms with Gasteiger partial charge in [-0.25, -0.2) is 4.98 Å². The van der Waals surface area contributed by atoms with Gasteiger partial charge in [0.1, 0.15) is 0 Å². The molecule has 1 saturated heterocycles. The summed E-state index contributed by atoms with van der Waals surface area (Å²) in [6.45, 7) is 5.45. The highest BCUT2D eigenvalue weighted by atomic mass is 32.2. The van der Waals surface area contributed by atoms with Crippen molar-refractivity contribution in [1.82, 2.24) is 9.55 Å². The molecule has 1 aromatic carbocycles. The molecule has 0 saturated carbocycles. The van der Waals surface area contributed by atoms with Crippen LogP contribution in [0.15, 0.2) is 36.9 Å². The first-order valence-corrected chi connectivity index (χ1v) is 9.43. The van der Waals surface area contributed by atoms with Crippen molar-refractivity contribution in [2.24, 2.45) is 0 Å². The van der Waals surface area contributed by atoms with Gasteiger partial charge in [0.15, 0.2) is 0 Å². The number of rotatable bonds is 5. The number of imidazole rings is 1. The summed E-state index contributed by atoms with van der Waals surface area (Å²) >= 11 is 4.26. The Kier molecular flexibility index (Phi) is 4.65. The minimum atomic E-state index is 0.318. The third-order valence-corrected chi connectivity index (χ3v) is 7.37. The van der Waals surface area contributed by atoms with Gasteiger partial charge in [0.25, 0.3) is 0 Å². The highest BCUT2D eigenvalue weighted by Gasteiger charge is 2.35. The number of aryl methyl sites for hydroxylation is 3. The quantitative estimate of drug-likeness (QED) is 0.818. The molecule has 0 bridgehead atoms. The van der Waals surface area contributed by atoms with Gasteiger partial charge in [0.05, 0.1) is 10.4 Å². The average Bonchev–Trinajstić information content (AvgIpc) is 3.08. The molecule has 4 heteroatoms. The maximum Gasteiger partial charge on any atom is 0.0946 e. The molecule has 0 N–H and O–H groups in total. The van der Waals surface area contributed by atoms with E-state index in [1.165, 1.54) is 34.6 Å². The molecule has 2 nitrogen and oxygen atoms in total. The summed E-state index contributed by atoms with van der Waals surface area (Å²) < 4.78 is 2.55. The lowest BCUT2D eigenvalue weighted by Gasteiger charge is -2.28. The van der Waals surface area contributed by atoms with Crippen molar-refractivity contribution in [2.75, 3.05) is 11.5 Å². The van der Waals surface area contributed by atoms with Gasteiger partial charge in [-0.15, -0.1) is 23.5 Å². The Labute approximate surface area is 135 Å². The number of nitrogens with zero attached hydrogens (tertiary/aromatic N) is 2. The molecule has 112 valence electrons. The molecule has 2 aromatic rings. The van der Waals surface area contributed by atoms with Crippen molar-refractivity contribution in [3.63, 3.8) is 0 Å². The third kappa shape index (κ3) is 3.86. The lowest BCUT2D eigenvalue weighted by atomic mass is 10.0. The van der Waals surface area contributed by atoms with Crippen molar-refractivity contribution in [2.45, 2.75) is 37.3 Å². The average molecular weight is 319 g/mol. The summed E-state index contributed by atoms with van der Waals surface area (Å²) in [5.41, 5.74) is 4.23. The van der Waals surface area contributed by atoms with Crippen molar-refractivity contribution in [1.29, 1.82) is 0 Å². The van der Waals surface area contributed by atoms with E-state index in [0.29, 0.717) is 4.08 Å². The lowest BCUT2D eigenvalue weighted by molar-refractivity contribution is 0.592. The molecule has 3 rings (SSSR count). The van der Waals surface area contributed by atoms with E-state index in [2.05, 4.69) is 71.3 Å². The molecule has 0 atom stereocenters. The molecule has 2 heterocycles. The van der Waals surface area contributed by atoms with Crippen LogP contribution in [0.5, 0.6) is 0 Å². The first-order chi connectivity index (χ1) is 10.2. The van der Waals surface area contributed by atoms with E-state index in [-0.39, 0.29) is 0 Å². The Bertz CT molecular complexity index is 567. The highest BCUT2D eigenvalue weighted by molar-refractivity contribution is 8.21. The van der Waals surface area contributed by atoms with Gasteiger partial charge in [-0.05, 0) is 32.3 Å². The fraction of sp³-hybridized carbons (Fsp3) is 0.471. The molecule has 0 amide bonds. The van der Waals surface area contributed by atoms with Crippen LogP contribution in [0.2, 0.25) is 0 Å². The van der Waals surface area contributed by atoms with Crippen LogP contribution in [0.4, 0.5) is 0 Å². The topological polar surface area (TPSA) is 17.8 Å². The van der Waals surface area contributed by atoms with Crippen LogP contribution < -0.4 is 0 Å². The van der Waals surface area contributed by atoms with E-state index >= 15 is 0 Å². The SMILES string of the molecule is Cc1cc(C)cc(CCC2(Cn3ccnc3)SCCS2)c1. The van der Waals surface area contributed by atoms with E-state index < -0.39 is 0 Å². The standard InChI is InChI=1S/C17H22N2S2/c1-14-9-15(2)11-16(10-14)3-4-17(20-7-8-21-17)12-19-6-5-18-13-19/h5-6,9-11,13H,3-4,7-8,12H2,1-2H3. The Morgan fingerprint density at radius 3 is 2.48 bits per heavy atom. The second-order valence-corrected chi connectivity index (χ2v) is 9.05. The zero-order valence-electron chi connectivity index (χ0n) is 12.7. The van der Waals surface area contributed by atoms with Crippen LogP contribution >= 0.6 is 23.5 Å². The molecular formula is C17H22N2S2. The molecule has 21 heavy (non-hydrogen) atoms. The van der Waals surface area contributed by atoms with Crippen LogP contribution in [-0.4, -0.2) is 25.1 Å². The van der Waals surface area contributed by atoms with Crippen molar-refractivity contribution in [3.8, 4) is 0 Å². The second-order valence-electron chi connectivity index (χ2n) is 5.84. The Balaban J connectivity index is 1.70. The van der Waals surface area contributed by atoms with E-state index in [4.69, 9.17) is 0 Å². The molecule has 1 aromatic heterocycles. The minimum absolute atomic E-state index is 0.318. The fourth-order valence-corrected chi connectivity index (χ4v) is 6.24. The Morgan fingerprint density at radius 2 is 1.86 bits per heavy atom. The summed E-state index contributed by atoms with van der Waals surface area (Å²) in [6, 6.07) is 6.92. The largest absolute Gasteiger partial charge is 0.335 e. The van der Waals surface area contributed by atoms with Gasteiger partial charge in [-0.2, -0.15) is 0 Å². The zero-order chi connectivity index (χ0) is 14.7. The van der Waals surface area contributed by atoms with Crippen LogP contribution in [0.25, 0.3) is 0 Å². The summed E-state index contributed by atoms with van der Waals surface area (Å²) in [5.74, 6) is 2.54. The lowest BCUT2D eigenvalue weighted by Crippen LogP contribution is -2.25. The molecule has 0 radical (unpaired) electrons. The number of hydrogen-bond donors (Lipinski definition) is 0. The number of hydrogen-bond acceptors (Lipinski definition) is 3. The maximum atomic E-state index is 4.18. The summed E-state index contributed by atoms with van der Waals surface area (Å²) in [6.07, 6.45) is 8.29. The van der Waals surface area contributed by atoms with E-state index in [1.807, 2.05) is 12.5 Å². The monoisotopic (exact) mass is 318 g/mol. The molecule has 1 aliphatic rings. The summed E-state index contributed by atoms with van der Waals surface area (Å²) in [5, 5.41) is 0.